The molecular formula is C24H21N5O2. The van der Waals surface area contributed by atoms with E-state index < -0.39 is 0 Å². The quantitative estimate of drug-likeness (QED) is 0.500. The molecule has 154 valence electrons. The SMILES string of the molecule is Cc1ncc(-c2ccncc2)c(-c2ccc(CNC(=O)COc3cccnc3)cc2)n1. The maximum Gasteiger partial charge on any atom is 0.258 e. The molecule has 0 aliphatic heterocycles. The molecule has 0 radical (unpaired) electrons. The molecule has 0 aliphatic carbocycles. The minimum absolute atomic E-state index is 0.0563. The average Bonchev–Trinajstić information content (AvgIpc) is 2.83. The third-order valence-electron chi connectivity index (χ3n) is 4.62. The molecule has 7 nitrogen and oxygen atoms in total. The number of hydrogen-bond acceptors (Lipinski definition) is 6. The Kier molecular flexibility index (Phi) is 6.23. The van der Waals surface area contributed by atoms with Gasteiger partial charge in [-0.15, -0.1) is 0 Å². The van der Waals surface area contributed by atoms with Crippen LogP contribution in [0.1, 0.15) is 11.4 Å². The van der Waals surface area contributed by atoms with Crippen LogP contribution in [0, 0.1) is 6.92 Å². The third-order valence-corrected chi connectivity index (χ3v) is 4.62. The van der Waals surface area contributed by atoms with Gasteiger partial charge in [-0.05, 0) is 42.3 Å². The predicted molar refractivity (Wildman–Crippen MR) is 117 cm³/mol. The molecule has 0 atom stereocenters. The summed E-state index contributed by atoms with van der Waals surface area (Å²) in [4.78, 5) is 29.1. The summed E-state index contributed by atoms with van der Waals surface area (Å²) >= 11 is 0. The number of amides is 1. The molecule has 31 heavy (non-hydrogen) atoms. The summed E-state index contributed by atoms with van der Waals surface area (Å²) in [6, 6.07) is 15.4. The Morgan fingerprint density at radius 2 is 1.74 bits per heavy atom. The van der Waals surface area contributed by atoms with Crippen LogP contribution in [0.25, 0.3) is 22.4 Å². The summed E-state index contributed by atoms with van der Waals surface area (Å²) in [5.74, 6) is 1.07. The second-order valence-electron chi connectivity index (χ2n) is 6.87. The molecule has 0 saturated carbocycles. The fourth-order valence-corrected chi connectivity index (χ4v) is 3.05. The minimum Gasteiger partial charge on any atom is -0.482 e. The van der Waals surface area contributed by atoms with Gasteiger partial charge in [0, 0.05) is 42.5 Å². The number of hydrogen-bond donors (Lipinski definition) is 1. The van der Waals surface area contributed by atoms with Gasteiger partial charge in [0.05, 0.1) is 11.9 Å². The van der Waals surface area contributed by atoms with E-state index in [-0.39, 0.29) is 12.5 Å². The highest BCUT2D eigenvalue weighted by molar-refractivity contribution is 5.80. The van der Waals surface area contributed by atoms with Crippen molar-refractivity contribution in [2.75, 3.05) is 6.61 Å². The Labute approximate surface area is 180 Å². The lowest BCUT2D eigenvalue weighted by Gasteiger charge is -2.11. The summed E-state index contributed by atoms with van der Waals surface area (Å²) in [6.45, 7) is 2.23. The van der Waals surface area contributed by atoms with Crippen molar-refractivity contribution in [2.45, 2.75) is 13.5 Å². The van der Waals surface area contributed by atoms with Crippen molar-refractivity contribution in [1.29, 1.82) is 0 Å². The number of nitrogens with zero attached hydrogens (tertiary/aromatic N) is 4. The first-order chi connectivity index (χ1) is 15.2. The first-order valence-corrected chi connectivity index (χ1v) is 9.82. The van der Waals surface area contributed by atoms with E-state index in [1.54, 1.807) is 36.9 Å². The van der Waals surface area contributed by atoms with E-state index in [1.807, 2.05) is 49.5 Å². The Bertz CT molecular complexity index is 1150. The number of pyridine rings is 2. The van der Waals surface area contributed by atoms with E-state index in [0.29, 0.717) is 18.1 Å². The van der Waals surface area contributed by atoms with E-state index in [4.69, 9.17) is 4.74 Å². The van der Waals surface area contributed by atoms with E-state index in [9.17, 15) is 4.79 Å². The Hall–Kier alpha value is -4.13. The van der Waals surface area contributed by atoms with Crippen LogP contribution in [0.2, 0.25) is 0 Å². The topological polar surface area (TPSA) is 89.9 Å². The molecule has 0 spiro atoms. The summed E-state index contributed by atoms with van der Waals surface area (Å²) < 4.78 is 5.41. The van der Waals surface area contributed by atoms with Gasteiger partial charge in [0.25, 0.3) is 5.91 Å². The van der Waals surface area contributed by atoms with Crippen LogP contribution < -0.4 is 10.1 Å². The van der Waals surface area contributed by atoms with Crippen LogP contribution in [-0.2, 0) is 11.3 Å². The van der Waals surface area contributed by atoms with Gasteiger partial charge in [-0.3, -0.25) is 14.8 Å². The van der Waals surface area contributed by atoms with Gasteiger partial charge in [-0.25, -0.2) is 9.97 Å². The monoisotopic (exact) mass is 411 g/mol. The van der Waals surface area contributed by atoms with Gasteiger partial charge in [0.2, 0.25) is 0 Å². The van der Waals surface area contributed by atoms with E-state index >= 15 is 0 Å². The zero-order valence-corrected chi connectivity index (χ0v) is 17.0. The normalized spacial score (nSPS) is 10.5. The van der Waals surface area contributed by atoms with Gasteiger partial charge < -0.3 is 10.1 Å². The van der Waals surface area contributed by atoms with Crippen LogP contribution in [0.3, 0.4) is 0 Å². The molecule has 0 aliphatic rings. The molecule has 1 aromatic carbocycles. The molecule has 3 heterocycles. The fraction of sp³-hybridized carbons (Fsp3) is 0.125. The highest BCUT2D eigenvalue weighted by atomic mass is 16.5. The summed E-state index contributed by atoms with van der Waals surface area (Å²) in [7, 11) is 0. The molecule has 0 saturated heterocycles. The van der Waals surface area contributed by atoms with Crippen LogP contribution in [0.4, 0.5) is 0 Å². The number of benzene rings is 1. The van der Waals surface area contributed by atoms with Gasteiger partial charge in [0.1, 0.15) is 11.6 Å². The highest BCUT2D eigenvalue weighted by Crippen LogP contribution is 2.29. The second-order valence-corrected chi connectivity index (χ2v) is 6.87. The van der Waals surface area contributed by atoms with Crippen LogP contribution in [0.15, 0.2) is 79.5 Å². The predicted octanol–water partition coefficient (Wildman–Crippen LogP) is 3.60. The molecule has 0 unspecified atom stereocenters. The maximum atomic E-state index is 12.0. The van der Waals surface area contributed by atoms with Crippen molar-refractivity contribution < 1.29 is 9.53 Å². The van der Waals surface area contributed by atoms with Crippen molar-refractivity contribution in [3.05, 3.63) is 90.9 Å². The maximum absolute atomic E-state index is 12.0. The van der Waals surface area contributed by atoms with Gasteiger partial charge in [-0.2, -0.15) is 0 Å². The number of aryl methyl sites for hydroxylation is 1. The smallest absolute Gasteiger partial charge is 0.258 e. The van der Waals surface area contributed by atoms with Gasteiger partial charge >= 0.3 is 0 Å². The number of carbonyl (C=O) groups excluding carboxylic acids is 1. The molecule has 1 amide bonds. The number of aromatic nitrogens is 4. The number of nitrogens with one attached hydrogen (secondary N) is 1. The lowest BCUT2D eigenvalue weighted by Crippen LogP contribution is -2.28. The van der Waals surface area contributed by atoms with E-state index in [0.717, 1.165) is 27.9 Å². The molecule has 3 aromatic heterocycles. The second kappa shape index (κ2) is 9.58. The minimum atomic E-state index is -0.195. The van der Waals surface area contributed by atoms with Crippen LogP contribution in [0.5, 0.6) is 5.75 Å². The third kappa shape index (κ3) is 5.27. The number of carbonyl (C=O) groups is 1. The molecule has 0 fully saturated rings. The lowest BCUT2D eigenvalue weighted by atomic mass is 10.0. The largest absolute Gasteiger partial charge is 0.482 e. The number of ether oxygens (including phenoxy) is 1. The van der Waals surface area contributed by atoms with Gasteiger partial charge in [-0.1, -0.05) is 24.3 Å². The zero-order chi connectivity index (χ0) is 21.5. The van der Waals surface area contributed by atoms with E-state index in [2.05, 4.69) is 25.3 Å². The standard InChI is InChI=1S/C24H21N5O2/c1-17-27-15-22(19-8-11-25-12-9-19)24(29-17)20-6-4-18(5-7-20)13-28-23(30)16-31-21-3-2-10-26-14-21/h2-12,14-15H,13,16H2,1H3,(H,28,30). The molecule has 4 rings (SSSR count). The first-order valence-electron chi connectivity index (χ1n) is 9.82. The summed E-state index contributed by atoms with van der Waals surface area (Å²) in [5, 5.41) is 2.86. The molecule has 0 bridgehead atoms. The average molecular weight is 411 g/mol. The van der Waals surface area contributed by atoms with Crippen molar-refractivity contribution in [1.82, 2.24) is 25.3 Å². The molecular weight excluding hydrogens is 390 g/mol. The van der Waals surface area contributed by atoms with Crippen molar-refractivity contribution in [3.63, 3.8) is 0 Å². The summed E-state index contributed by atoms with van der Waals surface area (Å²) in [5.41, 5.74) is 4.78. The Morgan fingerprint density at radius 1 is 0.935 bits per heavy atom. The van der Waals surface area contributed by atoms with Crippen molar-refractivity contribution >= 4 is 5.91 Å². The summed E-state index contributed by atoms with van der Waals surface area (Å²) in [6.07, 6.45) is 8.56. The highest BCUT2D eigenvalue weighted by Gasteiger charge is 2.11. The molecule has 4 aromatic rings. The van der Waals surface area contributed by atoms with Crippen molar-refractivity contribution in [3.8, 4) is 28.1 Å². The first kappa shape index (κ1) is 20.2. The van der Waals surface area contributed by atoms with Gasteiger partial charge in [0.15, 0.2) is 6.61 Å². The fourth-order valence-electron chi connectivity index (χ4n) is 3.05. The zero-order valence-electron chi connectivity index (χ0n) is 17.0. The van der Waals surface area contributed by atoms with E-state index in [1.165, 1.54) is 0 Å². The Morgan fingerprint density at radius 3 is 2.48 bits per heavy atom. The lowest BCUT2D eigenvalue weighted by molar-refractivity contribution is -0.123. The van der Waals surface area contributed by atoms with Crippen LogP contribution >= 0.6 is 0 Å². The van der Waals surface area contributed by atoms with Crippen molar-refractivity contribution in [2.24, 2.45) is 0 Å². The Balaban J connectivity index is 1.42. The van der Waals surface area contributed by atoms with Crippen LogP contribution in [-0.4, -0.2) is 32.4 Å². The molecule has 7 heteroatoms. The number of rotatable bonds is 7. The molecule has 1 N–H and O–H groups in total.